The lowest BCUT2D eigenvalue weighted by Crippen LogP contribution is -2.43. The van der Waals surface area contributed by atoms with Crippen molar-refractivity contribution in [1.82, 2.24) is 0 Å². The zero-order chi connectivity index (χ0) is 21.3. The number of hydrogen-bond donors (Lipinski definition) is 1. The van der Waals surface area contributed by atoms with Crippen molar-refractivity contribution in [2.45, 2.75) is 19.4 Å². The molecule has 0 saturated carbocycles. The number of benzene rings is 2. The van der Waals surface area contributed by atoms with E-state index in [0.717, 1.165) is 30.0 Å². The van der Waals surface area contributed by atoms with Crippen LogP contribution in [0.5, 0.6) is 0 Å². The topological polar surface area (TPSA) is 60.0 Å². The molecular formula is C22H31ClN2O4Si. The van der Waals surface area contributed by atoms with Crippen molar-refractivity contribution in [3.05, 3.63) is 66.7 Å². The van der Waals surface area contributed by atoms with Gasteiger partial charge in [0.1, 0.15) is 0 Å². The average molecular weight is 451 g/mol. The number of rotatable bonds is 11. The molecule has 1 N–H and O–H groups in total. The lowest BCUT2D eigenvalue weighted by atomic mass is 10.2. The molecule has 0 spiro atoms. The summed E-state index contributed by atoms with van der Waals surface area (Å²) in [6, 6.07) is 18.7. The van der Waals surface area contributed by atoms with Gasteiger partial charge in [0.15, 0.2) is 0 Å². The van der Waals surface area contributed by atoms with Crippen LogP contribution in [0, 0.1) is 0 Å². The van der Waals surface area contributed by atoms with Gasteiger partial charge >= 0.3 is 8.80 Å². The number of amides is 1. The summed E-state index contributed by atoms with van der Waals surface area (Å²) in [5.74, 6) is -0.183. The quantitative estimate of drug-likeness (QED) is 0.384. The fraction of sp³-hybridized carbons (Fsp3) is 0.318. The first kappa shape index (κ1) is 25.9. The van der Waals surface area contributed by atoms with Crippen LogP contribution < -0.4 is 10.2 Å². The summed E-state index contributed by atoms with van der Waals surface area (Å²) in [5, 5.41) is 2.83. The number of carbonyl (C=O) groups excluding carboxylic acids is 1. The van der Waals surface area contributed by atoms with Gasteiger partial charge in [0.05, 0.1) is 0 Å². The molecular weight excluding hydrogens is 420 g/mol. The first-order valence-corrected chi connectivity index (χ1v) is 11.4. The molecule has 0 aliphatic rings. The molecule has 0 saturated heterocycles. The number of para-hydroxylation sites is 1. The summed E-state index contributed by atoms with van der Waals surface area (Å²) in [7, 11) is 2.29. The van der Waals surface area contributed by atoms with E-state index in [1.807, 2.05) is 42.5 Å². The Morgan fingerprint density at radius 1 is 0.967 bits per heavy atom. The predicted octanol–water partition coefficient (Wildman–Crippen LogP) is 5.03. The molecule has 0 radical (unpaired) electrons. The van der Waals surface area contributed by atoms with Crippen molar-refractivity contribution >= 4 is 44.2 Å². The second-order valence-electron chi connectivity index (χ2n) is 6.67. The maximum absolute atomic E-state index is 11.8. The van der Waals surface area contributed by atoms with Gasteiger partial charge in [0.2, 0.25) is 0 Å². The lowest BCUT2D eigenvalue weighted by Gasteiger charge is -2.28. The third kappa shape index (κ3) is 6.96. The number of hydrogen-bond acceptors (Lipinski definition) is 5. The van der Waals surface area contributed by atoms with E-state index in [1.165, 1.54) is 0 Å². The predicted molar refractivity (Wildman–Crippen MR) is 127 cm³/mol. The molecule has 6 nitrogen and oxygen atoms in total. The van der Waals surface area contributed by atoms with Crippen molar-refractivity contribution in [2.24, 2.45) is 0 Å². The summed E-state index contributed by atoms with van der Waals surface area (Å²) in [5.41, 5.74) is 3.33. The number of anilines is 3. The normalized spacial score (nSPS) is 10.8. The highest BCUT2D eigenvalue weighted by Crippen LogP contribution is 2.28. The second-order valence-corrected chi connectivity index (χ2v) is 9.76. The lowest BCUT2D eigenvalue weighted by molar-refractivity contribution is -0.112. The van der Waals surface area contributed by atoms with Crippen molar-refractivity contribution in [3.63, 3.8) is 0 Å². The smallest absolute Gasteiger partial charge is 0.377 e. The molecule has 0 bridgehead atoms. The third-order valence-electron chi connectivity index (χ3n) is 4.69. The molecule has 0 aromatic heterocycles. The van der Waals surface area contributed by atoms with Gasteiger partial charge in [-0.15, -0.1) is 12.4 Å². The van der Waals surface area contributed by atoms with Crippen molar-refractivity contribution in [1.29, 1.82) is 0 Å². The van der Waals surface area contributed by atoms with Gasteiger partial charge < -0.3 is 23.5 Å². The minimum Gasteiger partial charge on any atom is -0.377 e. The largest absolute Gasteiger partial charge is 0.500 e. The molecule has 0 aliphatic carbocycles. The zero-order valence-corrected chi connectivity index (χ0v) is 19.8. The van der Waals surface area contributed by atoms with Gasteiger partial charge in [0, 0.05) is 56.6 Å². The van der Waals surface area contributed by atoms with Gasteiger partial charge in [-0.05, 0) is 49.7 Å². The van der Waals surface area contributed by atoms with Crippen LogP contribution in [0.1, 0.15) is 13.3 Å². The van der Waals surface area contributed by atoms with Crippen LogP contribution in [0.15, 0.2) is 66.7 Å². The van der Waals surface area contributed by atoms with E-state index in [9.17, 15) is 4.79 Å². The van der Waals surface area contributed by atoms with E-state index >= 15 is 0 Å². The Morgan fingerprint density at radius 2 is 1.50 bits per heavy atom. The molecule has 0 fully saturated rings. The molecule has 0 heterocycles. The Labute approximate surface area is 186 Å². The van der Waals surface area contributed by atoms with Crippen LogP contribution in [0.2, 0.25) is 6.04 Å². The van der Waals surface area contributed by atoms with Crippen LogP contribution in [-0.2, 0) is 18.1 Å². The number of nitrogens with one attached hydrogen (secondary N) is 1. The second kappa shape index (κ2) is 12.5. The standard InChI is InChI=1S/C22H30N2O4Si.ClH/c1-18(2)22(25)23-19-12-14-21(15-13-19)24(20-10-7-6-8-11-20)16-9-17-29(26-3,27-4)28-5;/h6-8,10-15H,1,9,16-17H2,2-5H3,(H,23,25);1H. The Kier molecular flexibility index (Phi) is 10.8. The van der Waals surface area contributed by atoms with Crippen LogP contribution in [-0.4, -0.2) is 42.6 Å². The first-order chi connectivity index (χ1) is 13.9. The average Bonchev–Trinajstić information content (AvgIpc) is 2.76. The molecule has 0 aliphatic heterocycles. The van der Waals surface area contributed by atoms with Gasteiger partial charge in [-0.1, -0.05) is 24.8 Å². The summed E-state index contributed by atoms with van der Waals surface area (Å²) in [4.78, 5) is 14.0. The highest BCUT2D eigenvalue weighted by atomic mass is 35.5. The van der Waals surface area contributed by atoms with Crippen LogP contribution >= 0.6 is 12.4 Å². The fourth-order valence-corrected chi connectivity index (χ4v) is 4.69. The van der Waals surface area contributed by atoms with Crippen molar-refractivity contribution in [2.75, 3.05) is 38.1 Å². The molecule has 2 rings (SSSR count). The maximum Gasteiger partial charge on any atom is 0.500 e. The third-order valence-corrected chi connectivity index (χ3v) is 7.52. The Hall–Kier alpha value is -2.16. The molecule has 164 valence electrons. The van der Waals surface area contributed by atoms with E-state index in [-0.39, 0.29) is 18.3 Å². The van der Waals surface area contributed by atoms with E-state index in [0.29, 0.717) is 11.6 Å². The summed E-state index contributed by atoms with van der Waals surface area (Å²) in [6.07, 6.45) is 0.838. The van der Waals surface area contributed by atoms with E-state index in [4.69, 9.17) is 13.3 Å². The van der Waals surface area contributed by atoms with Gasteiger partial charge in [-0.2, -0.15) is 0 Å². The SMILES string of the molecule is C=C(C)C(=O)Nc1ccc(N(CCC[Si](OC)(OC)OC)c2ccccc2)cc1.Cl. The fourth-order valence-electron chi connectivity index (χ4n) is 2.99. The molecule has 2 aromatic carbocycles. The Morgan fingerprint density at radius 3 is 2.00 bits per heavy atom. The Bertz CT molecular complexity index is 790. The molecule has 0 unspecified atom stereocenters. The molecule has 2 aromatic rings. The summed E-state index contributed by atoms with van der Waals surface area (Å²) >= 11 is 0. The van der Waals surface area contributed by atoms with E-state index in [1.54, 1.807) is 28.3 Å². The first-order valence-electron chi connectivity index (χ1n) is 9.49. The van der Waals surface area contributed by atoms with Crippen LogP contribution in [0.4, 0.5) is 17.1 Å². The van der Waals surface area contributed by atoms with E-state index < -0.39 is 8.80 Å². The monoisotopic (exact) mass is 450 g/mol. The molecule has 0 atom stereocenters. The summed E-state index contributed by atoms with van der Waals surface area (Å²) < 4.78 is 16.6. The number of carbonyl (C=O) groups is 1. The minimum atomic E-state index is -2.61. The van der Waals surface area contributed by atoms with Crippen molar-refractivity contribution in [3.8, 4) is 0 Å². The van der Waals surface area contributed by atoms with Gasteiger partial charge in [-0.25, -0.2) is 0 Å². The van der Waals surface area contributed by atoms with Gasteiger partial charge in [-0.3, -0.25) is 4.79 Å². The Balaban J connectivity index is 0.00000450. The van der Waals surface area contributed by atoms with Crippen molar-refractivity contribution < 1.29 is 18.1 Å². The number of nitrogens with zero attached hydrogens (tertiary/aromatic N) is 1. The zero-order valence-electron chi connectivity index (χ0n) is 18.0. The molecule has 1 amide bonds. The summed E-state index contributed by atoms with van der Waals surface area (Å²) in [6.45, 7) is 6.12. The van der Waals surface area contributed by atoms with E-state index in [2.05, 4.69) is 28.9 Å². The highest BCUT2D eigenvalue weighted by Gasteiger charge is 2.37. The maximum atomic E-state index is 11.8. The highest BCUT2D eigenvalue weighted by molar-refractivity contribution is 6.60. The molecule has 30 heavy (non-hydrogen) atoms. The van der Waals surface area contributed by atoms with Crippen LogP contribution in [0.3, 0.4) is 0 Å². The van der Waals surface area contributed by atoms with Crippen LogP contribution in [0.25, 0.3) is 0 Å². The number of halogens is 1. The molecule has 8 heteroatoms. The van der Waals surface area contributed by atoms with Gasteiger partial charge in [0.25, 0.3) is 5.91 Å². The minimum absolute atomic E-state index is 0.